The zero-order valence-corrected chi connectivity index (χ0v) is 13.7. The second kappa shape index (κ2) is 5.58. The van der Waals surface area contributed by atoms with Gasteiger partial charge < -0.3 is 5.73 Å². The van der Waals surface area contributed by atoms with Crippen molar-refractivity contribution in [3.63, 3.8) is 0 Å². The minimum Gasteiger partial charge on any atom is -0.398 e. The first-order chi connectivity index (χ1) is 9.61. The predicted octanol–water partition coefficient (Wildman–Crippen LogP) is 0.997. The Bertz CT molecular complexity index is 737. The third kappa shape index (κ3) is 3.96. The minimum atomic E-state index is -3.81. The molecular formula is C13H20N2O4S2. The van der Waals surface area contributed by atoms with E-state index in [0.29, 0.717) is 12.5 Å². The predicted molar refractivity (Wildman–Crippen MR) is 81.0 cm³/mol. The fraction of sp³-hybridized carbons (Fsp3) is 0.538. The Morgan fingerprint density at radius 1 is 1.29 bits per heavy atom. The topological polar surface area (TPSA) is 106 Å². The van der Waals surface area contributed by atoms with E-state index < -0.39 is 19.9 Å². The van der Waals surface area contributed by atoms with Gasteiger partial charge in [0, 0.05) is 12.8 Å². The van der Waals surface area contributed by atoms with Crippen molar-refractivity contribution < 1.29 is 16.8 Å². The first-order valence-corrected chi connectivity index (χ1v) is 10.1. The Morgan fingerprint density at radius 3 is 2.43 bits per heavy atom. The summed E-state index contributed by atoms with van der Waals surface area (Å²) in [5.41, 5.74) is 5.72. The average Bonchev–Trinajstić information content (AvgIpc) is 3.19. The van der Waals surface area contributed by atoms with Crippen LogP contribution in [0.4, 0.5) is 5.69 Å². The Morgan fingerprint density at radius 2 is 1.90 bits per heavy atom. The van der Waals surface area contributed by atoms with Crippen molar-refractivity contribution in [3.05, 3.63) is 18.2 Å². The lowest BCUT2D eigenvalue weighted by molar-refractivity contribution is 0.492. The maximum absolute atomic E-state index is 12.3. The molecule has 1 aliphatic carbocycles. The number of nitrogens with one attached hydrogen (secondary N) is 1. The molecule has 2 rings (SSSR count). The molecule has 0 saturated heterocycles. The highest BCUT2D eigenvalue weighted by molar-refractivity contribution is 7.91. The number of nitrogens with two attached hydrogens (primary N) is 1. The molecule has 0 radical (unpaired) electrons. The molecule has 1 atom stereocenters. The first kappa shape index (κ1) is 16.3. The minimum absolute atomic E-state index is 0.0361. The highest BCUT2D eigenvalue weighted by Gasteiger charge is 2.29. The van der Waals surface area contributed by atoms with Crippen LogP contribution in [0.2, 0.25) is 0 Å². The van der Waals surface area contributed by atoms with Crippen LogP contribution in [-0.2, 0) is 19.9 Å². The lowest BCUT2D eigenvalue weighted by atomic mass is 10.1. The summed E-state index contributed by atoms with van der Waals surface area (Å²) in [5.74, 6) is 0.839. The molecule has 8 heteroatoms. The molecule has 0 amide bonds. The molecule has 3 N–H and O–H groups in total. The molecule has 21 heavy (non-hydrogen) atoms. The molecule has 1 aliphatic rings. The molecule has 0 heterocycles. The number of anilines is 1. The van der Waals surface area contributed by atoms with Crippen molar-refractivity contribution >= 4 is 25.5 Å². The van der Waals surface area contributed by atoms with Gasteiger partial charge in [-0.3, -0.25) is 0 Å². The lowest BCUT2D eigenvalue weighted by Gasteiger charge is -2.13. The summed E-state index contributed by atoms with van der Waals surface area (Å²) < 4.78 is 50.2. The maximum Gasteiger partial charge on any atom is 0.242 e. The molecular weight excluding hydrogens is 312 g/mol. The van der Waals surface area contributed by atoms with Gasteiger partial charge >= 0.3 is 0 Å². The normalized spacial score (nSPS) is 17.6. The van der Waals surface area contributed by atoms with Gasteiger partial charge in [-0.05, 0) is 42.9 Å². The van der Waals surface area contributed by atoms with E-state index in [1.54, 1.807) is 0 Å². The Hall–Kier alpha value is -1.12. The van der Waals surface area contributed by atoms with Crippen LogP contribution in [0.5, 0.6) is 0 Å². The number of rotatable bonds is 6. The monoisotopic (exact) mass is 332 g/mol. The van der Waals surface area contributed by atoms with Gasteiger partial charge in [0.25, 0.3) is 0 Å². The highest BCUT2D eigenvalue weighted by atomic mass is 32.2. The molecule has 0 spiro atoms. The number of benzene rings is 1. The van der Waals surface area contributed by atoms with E-state index in [-0.39, 0.29) is 21.4 Å². The standard InChI is InChI=1S/C13H20N2O4S2/c1-9(10-3-4-10)8-15-21(18,19)13-7-11(20(2,16)17)5-6-12(13)14/h5-7,9-10,15H,3-4,8,14H2,1-2H3. The van der Waals surface area contributed by atoms with E-state index >= 15 is 0 Å². The Kier molecular flexibility index (Phi) is 4.32. The zero-order chi connectivity index (χ0) is 15.8. The number of hydrogen-bond acceptors (Lipinski definition) is 5. The summed E-state index contributed by atoms with van der Waals surface area (Å²) in [6.45, 7) is 2.33. The van der Waals surface area contributed by atoms with Crippen molar-refractivity contribution in [3.8, 4) is 0 Å². The van der Waals surface area contributed by atoms with Gasteiger partial charge in [0.05, 0.1) is 10.6 Å². The second-order valence-corrected chi connectivity index (χ2v) is 9.39. The average molecular weight is 332 g/mol. The summed E-state index contributed by atoms with van der Waals surface area (Å²) >= 11 is 0. The molecule has 0 aliphatic heterocycles. The maximum atomic E-state index is 12.3. The van der Waals surface area contributed by atoms with Crippen LogP contribution in [0.15, 0.2) is 28.0 Å². The molecule has 6 nitrogen and oxygen atoms in total. The molecule has 1 fully saturated rings. The quantitative estimate of drug-likeness (QED) is 0.756. The van der Waals surface area contributed by atoms with Gasteiger partial charge in [0.1, 0.15) is 4.90 Å². The summed E-state index contributed by atoms with van der Waals surface area (Å²) in [5, 5.41) is 0. The Balaban J connectivity index is 2.26. The molecule has 1 unspecified atom stereocenters. The third-order valence-electron chi connectivity index (χ3n) is 3.72. The van der Waals surface area contributed by atoms with Crippen LogP contribution in [0.25, 0.3) is 0 Å². The first-order valence-electron chi connectivity index (χ1n) is 6.70. The van der Waals surface area contributed by atoms with E-state index in [4.69, 9.17) is 5.73 Å². The van der Waals surface area contributed by atoms with Gasteiger partial charge in [0.2, 0.25) is 10.0 Å². The van der Waals surface area contributed by atoms with Gasteiger partial charge in [-0.2, -0.15) is 0 Å². The third-order valence-corrected chi connectivity index (χ3v) is 6.31. The fourth-order valence-corrected chi connectivity index (χ4v) is 4.15. The van der Waals surface area contributed by atoms with Gasteiger partial charge in [-0.1, -0.05) is 6.92 Å². The molecule has 0 bridgehead atoms. The van der Waals surface area contributed by atoms with Gasteiger partial charge in [-0.15, -0.1) is 0 Å². The second-order valence-electron chi connectivity index (χ2n) is 5.64. The summed E-state index contributed by atoms with van der Waals surface area (Å²) in [6.07, 6.45) is 3.29. The van der Waals surface area contributed by atoms with Crippen molar-refractivity contribution in [1.82, 2.24) is 4.72 Å². The van der Waals surface area contributed by atoms with Crippen LogP contribution in [0, 0.1) is 11.8 Å². The number of hydrogen-bond donors (Lipinski definition) is 2. The lowest BCUT2D eigenvalue weighted by Crippen LogP contribution is -2.29. The summed E-state index contributed by atoms with van der Waals surface area (Å²) in [7, 11) is -7.30. The van der Waals surface area contributed by atoms with Crippen LogP contribution < -0.4 is 10.5 Å². The van der Waals surface area contributed by atoms with Crippen LogP contribution in [-0.4, -0.2) is 29.6 Å². The van der Waals surface area contributed by atoms with E-state index in [9.17, 15) is 16.8 Å². The highest BCUT2D eigenvalue weighted by Crippen LogP contribution is 2.36. The van der Waals surface area contributed by atoms with Crippen LogP contribution in [0.3, 0.4) is 0 Å². The van der Waals surface area contributed by atoms with Crippen molar-refractivity contribution in [2.45, 2.75) is 29.6 Å². The zero-order valence-electron chi connectivity index (χ0n) is 12.0. The molecule has 118 valence electrons. The van der Waals surface area contributed by atoms with E-state index in [1.807, 2.05) is 6.92 Å². The number of nitrogen functional groups attached to an aromatic ring is 1. The SMILES string of the molecule is CC(CNS(=O)(=O)c1cc(S(C)(=O)=O)ccc1N)C1CC1. The number of sulfonamides is 1. The molecule has 0 aromatic heterocycles. The van der Waals surface area contributed by atoms with Crippen molar-refractivity contribution in [2.24, 2.45) is 11.8 Å². The summed E-state index contributed by atoms with van der Waals surface area (Å²) in [6, 6.07) is 3.71. The molecule has 1 saturated carbocycles. The smallest absolute Gasteiger partial charge is 0.242 e. The van der Waals surface area contributed by atoms with E-state index in [2.05, 4.69) is 4.72 Å². The van der Waals surface area contributed by atoms with Crippen LogP contribution >= 0.6 is 0 Å². The van der Waals surface area contributed by atoms with Gasteiger partial charge in [0.15, 0.2) is 9.84 Å². The summed E-state index contributed by atoms with van der Waals surface area (Å²) in [4.78, 5) is -0.249. The Labute approximate surface area is 125 Å². The van der Waals surface area contributed by atoms with E-state index in [0.717, 1.165) is 25.2 Å². The molecule has 1 aromatic rings. The largest absolute Gasteiger partial charge is 0.398 e. The molecule has 1 aromatic carbocycles. The van der Waals surface area contributed by atoms with Crippen molar-refractivity contribution in [2.75, 3.05) is 18.5 Å². The number of sulfone groups is 1. The van der Waals surface area contributed by atoms with E-state index in [1.165, 1.54) is 12.1 Å². The van der Waals surface area contributed by atoms with Gasteiger partial charge in [-0.25, -0.2) is 21.6 Å². The van der Waals surface area contributed by atoms with Crippen LogP contribution in [0.1, 0.15) is 19.8 Å². The fourth-order valence-electron chi connectivity index (χ4n) is 2.13. The van der Waals surface area contributed by atoms with Crippen molar-refractivity contribution in [1.29, 1.82) is 0 Å².